The van der Waals surface area contributed by atoms with Gasteiger partial charge in [-0.1, -0.05) is 196 Å². The van der Waals surface area contributed by atoms with Crippen LogP contribution in [0.5, 0.6) is 0 Å². The van der Waals surface area contributed by atoms with Crippen LogP contribution in [0.2, 0.25) is 0 Å². The average molecular weight is 811 g/mol. The predicted molar refractivity (Wildman–Crippen MR) is 238 cm³/mol. The molecule has 0 aromatic heterocycles. The molecule has 0 radical (unpaired) electrons. The van der Waals surface area contributed by atoms with Gasteiger partial charge >= 0.3 is 17.9 Å². The minimum atomic E-state index is -1.48. The lowest BCUT2D eigenvalue weighted by molar-refractivity contribution is 0.0649. The number of rotatable bonds is 33. The molecule has 6 N–H and O–H groups in total. The molecule has 9 heteroatoms. The first kappa shape index (κ1) is 58.8. The van der Waals surface area contributed by atoms with E-state index in [1.54, 1.807) is 0 Å². The third kappa shape index (κ3) is 46.1. The average Bonchev–Trinajstić information content (AvgIpc) is 3.16. The molecule has 0 aliphatic rings. The lowest BCUT2D eigenvalue weighted by Crippen LogP contribution is -2.10. The molecule has 1 rings (SSSR count). The molecule has 0 amide bonds. The van der Waals surface area contributed by atoms with Gasteiger partial charge in [-0.05, 0) is 55.2 Å². The Morgan fingerprint density at radius 2 is 0.614 bits per heavy atom. The molecule has 0 unspecified atom stereocenters. The number of aliphatic hydroxyl groups is 3. The zero-order valence-electron chi connectivity index (χ0n) is 37.6. The van der Waals surface area contributed by atoms with Crippen molar-refractivity contribution in [3.8, 4) is 0 Å². The van der Waals surface area contributed by atoms with Crippen molar-refractivity contribution in [1.29, 1.82) is 0 Å². The van der Waals surface area contributed by atoms with E-state index in [1.807, 2.05) is 0 Å². The Morgan fingerprint density at radius 3 is 0.825 bits per heavy atom. The number of hydrogen-bond acceptors (Lipinski definition) is 6. The topological polar surface area (TPSA) is 173 Å². The molecule has 9 nitrogen and oxygen atoms in total. The molecule has 1 aromatic rings. The fourth-order valence-corrected chi connectivity index (χ4v) is 6.22. The number of carboxylic acids is 3. The molecule has 0 aliphatic carbocycles. The summed E-state index contributed by atoms with van der Waals surface area (Å²) in [6.45, 7) is 14.9. The Balaban J connectivity index is -0.000000683. The first-order chi connectivity index (χ1) is 27.2. The van der Waals surface area contributed by atoms with E-state index in [4.69, 9.17) is 30.6 Å². The summed E-state index contributed by atoms with van der Waals surface area (Å²) in [5.74, 6) is -1.58. The van der Waals surface area contributed by atoms with E-state index < -0.39 is 29.0 Å². The monoisotopic (exact) mass is 811 g/mol. The van der Waals surface area contributed by atoms with Crippen LogP contribution in [0.25, 0.3) is 0 Å². The molecule has 0 atom stereocenters. The van der Waals surface area contributed by atoms with Gasteiger partial charge in [0.1, 0.15) is 0 Å². The standard InChI is InChI=1S/3C13H28O.C9H6O6/c3*1-13(2)11-9-7-5-3-4-6-8-10-12-14;10-7(11)4-1-2-5(8(12)13)6(3-4)9(14)15/h3*13-14H,3-12H2,1-2H3;1-3H,(H,10,11)(H,12,13)(H,14,15). The zero-order valence-corrected chi connectivity index (χ0v) is 37.6. The largest absolute Gasteiger partial charge is 0.478 e. The quantitative estimate of drug-likeness (QED) is 0.0378. The van der Waals surface area contributed by atoms with E-state index >= 15 is 0 Å². The summed E-state index contributed by atoms with van der Waals surface area (Å²) in [7, 11) is 0. The van der Waals surface area contributed by atoms with Crippen LogP contribution in [-0.4, -0.2) is 68.4 Å². The molecule has 0 saturated carbocycles. The molecular formula is C48H90O9. The summed E-state index contributed by atoms with van der Waals surface area (Å²) in [5, 5.41) is 51.7. The van der Waals surface area contributed by atoms with E-state index in [-0.39, 0.29) is 5.56 Å². The number of aromatic carboxylic acids is 3. The van der Waals surface area contributed by atoms with Crippen molar-refractivity contribution in [2.45, 2.75) is 215 Å². The van der Waals surface area contributed by atoms with Crippen LogP contribution in [0, 0.1) is 17.8 Å². The van der Waals surface area contributed by atoms with Crippen LogP contribution in [0.15, 0.2) is 18.2 Å². The van der Waals surface area contributed by atoms with Gasteiger partial charge in [0, 0.05) is 19.8 Å². The number of carbonyl (C=O) groups is 3. The van der Waals surface area contributed by atoms with Crippen molar-refractivity contribution in [3.63, 3.8) is 0 Å². The summed E-state index contributed by atoms with van der Waals surface area (Å²) in [6.07, 6.45) is 35.7. The highest BCUT2D eigenvalue weighted by atomic mass is 16.4. The van der Waals surface area contributed by atoms with Gasteiger partial charge in [-0.3, -0.25) is 0 Å². The van der Waals surface area contributed by atoms with Gasteiger partial charge in [0.15, 0.2) is 0 Å². The fourth-order valence-electron chi connectivity index (χ4n) is 6.22. The van der Waals surface area contributed by atoms with Crippen LogP contribution < -0.4 is 0 Å². The maximum Gasteiger partial charge on any atom is 0.336 e. The second kappa shape index (κ2) is 44.6. The molecular weight excluding hydrogens is 721 g/mol. The summed E-state index contributed by atoms with van der Waals surface area (Å²) in [4.78, 5) is 31.8. The first-order valence-corrected chi connectivity index (χ1v) is 22.9. The van der Waals surface area contributed by atoms with Crippen molar-refractivity contribution < 1.29 is 45.0 Å². The maximum atomic E-state index is 10.6. The third-order valence-electron chi connectivity index (χ3n) is 9.80. The molecule has 0 fully saturated rings. The van der Waals surface area contributed by atoms with Crippen molar-refractivity contribution in [1.82, 2.24) is 0 Å². The lowest BCUT2D eigenvalue weighted by Gasteiger charge is -2.04. The number of carboxylic acid groups (broad SMARTS) is 3. The predicted octanol–water partition coefficient (Wildman–Crippen LogP) is 13.2. The Morgan fingerprint density at radius 1 is 0.368 bits per heavy atom. The van der Waals surface area contributed by atoms with Crippen LogP contribution >= 0.6 is 0 Å². The smallest absolute Gasteiger partial charge is 0.336 e. The second-order valence-electron chi connectivity index (χ2n) is 16.9. The van der Waals surface area contributed by atoms with Gasteiger partial charge in [-0.25, -0.2) is 14.4 Å². The van der Waals surface area contributed by atoms with Crippen LogP contribution in [0.1, 0.15) is 246 Å². The SMILES string of the molecule is CC(C)CCCCCCCCCCO.CC(C)CCCCCCCCCCO.CC(C)CCCCCCCCCCO.O=C(O)c1ccc(C(=O)O)c(C(=O)O)c1. The van der Waals surface area contributed by atoms with Crippen molar-refractivity contribution in [2.75, 3.05) is 19.8 Å². The Bertz CT molecular complexity index is 977. The summed E-state index contributed by atoms with van der Waals surface area (Å²) in [6, 6.07) is 2.81. The van der Waals surface area contributed by atoms with Gasteiger partial charge in [0.05, 0.1) is 16.7 Å². The van der Waals surface area contributed by atoms with Crippen molar-refractivity contribution in [3.05, 3.63) is 34.9 Å². The number of hydrogen-bond donors (Lipinski definition) is 6. The molecule has 1 aromatic carbocycles. The van der Waals surface area contributed by atoms with E-state index in [0.29, 0.717) is 19.8 Å². The Kier molecular flexibility index (Phi) is 46.0. The molecule has 336 valence electrons. The fraction of sp³-hybridized carbons (Fsp3) is 0.812. The highest BCUT2D eigenvalue weighted by Gasteiger charge is 2.18. The van der Waals surface area contributed by atoms with Gasteiger partial charge in [0.25, 0.3) is 0 Å². The Hall–Kier alpha value is -2.49. The lowest BCUT2D eigenvalue weighted by atomic mass is 10.0. The zero-order chi connectivity index (χ0) is 43.5. The number of aliphatic hydroxyl groups excluding tert-OH is 3. The first-order valence-electron chi connectivity index (χ1n) is 22.9. The van der Waals surface area contributed by atoms with Crippen LogP contribution in [0.4, 0.5) is 0 Å². The summed E-state index contributed by atoms with van der Waals surface area (Å²) < 4.78 is 0. The van der Waals surface area contributed by atoms with Gasteiger partial charge in [-0.2, -0.15) is 0 Å². The van der Waals surface area contributed by atoms with Gasteiger partial charge in [-0.15, -0.1) is 0 Å². The number of benzene rings is 1. The van der Waals surface area contributed by atoms with Gasteiger partial charge < -0.3 is 30.6 Å². The van der Waals surface area contributed by atoms with Crippen molar-refractivity contribution in [2.24, 2.45) is 17.8 Å². The second-order valence-corrected chi connectivity index (χ2v) is 16.9. The highest BCUT2D eigenvalue weighted by molar-refractivity contribution is 6.03. The van der Waals surface area contributed by atoms with E-state index in [1.165, 1.54) is 154 Å². The Labute approximate surface area is 349 Å². The number of unbranched alkanes of at least 4 members (excludes halogenated alkanes) is 21. The minimum absolute atomic E-state index is 0.266. The molecule has 0 aliphatic heterocycles. The summed E-state index contributed by atoms with van der Waals surface area (Å²) >= 11 is 0. The molecule has 0 saturated heterocycles. The van der Waals surface area contributed by atoms with E-state index in [9.17, 15) is 14.4 Å². The van der Waals surface area contributed by atoms with Crippen LogP contribution in [-0.2, 0) is 0 Å². The highest BCUT2D eigenvalue weighted by Crippen LogP contribution is 2.15. The van der Waals surface area contributed by atoms with Gasteiger partial charge in [0.2, 0.25) is 0 Å². The molecule has 0 spiro atoms. The molecule has 0 bridgehead atoms. The maximum absolute atomic E-state index is 10.6. The van der Waals surface area contributed by atoms with E-state index in [0.717, 1.165) is 55.2 Å². The minimum Gasteiger partial charge on any atom is -0.478 e. The van der Waals surface area contributed by atoms with Crippen molar-refractivity contribution >= 4 is 17.9 Å². The molecule has 0 heterocycles. The molecule has 57 heavy (non-hydrogen) atoms. The van der Waals surface area contributed by atoms with Crippen LogP contribution in [0.3, 0.4) is 0 Å². The third-order valence-corrected chi connectivity index (χ3v) is 9.80. The summed E-state index contributed by atoms with van der Waals surface area (Å²) in [5.41, 5.74) is -1.24. The van der Waals surface area contributed by atoms with E-state index in [2.05, 4.69) is 41.5 Å². The normalized spacial score (nSPS) is 10.7.